The Balaban J connectivity index is 1.80. The van der Waals surface area contributed by atoms with Gasteiger partial charge in [0.2, 0.25) is 0 Å². The van der Waals surface area contributed by atoms with Crippen molar-refractivity contribution in [1.29, 1.82) is 0 Å². The molecule has 1 unspecified atom stereocenters. The molecule has 1 saturated heterocycles. The van der Waals surface area contributed by atoms with Crippen LogP contribution in [0.15, 0.2) is 29.2 Å². The molecule has 1 aromatic heterocycles. The van der Waals surface area contributed by atoms with Gasteiger partial charge >= 0.3 is 0 Å². The number of rotatable bonds is 4. The summed E-state index contributed by atoms with van der Waals surface area (Å²) in [6, 6.07) is 8.30. The minimum absolute atomic E-state index is 0.601. The van der Waals surface area contributed by atoms with Crippen molar-refractivity contribution in [1.82, 2.24) is 4.98 Å². The van der Waals surface area contributed by atoms with E-state index in [1.165, 1.54) is 29.1 Å². The smallest absolute Gasteiger partial charge is 0.161 e. The monoisotopic (exact) mass is 356 g/mol. The highest BCUT2D eigenvalue weighted by atomic mass is 32.2. The first-order chi connectivity index (χ1) is 12.2. The third-order valence-corrected chi connectivity index (χ3v) is 6.20. The van der Waals surface area contributed by atoms with Gasteiger partial charge in [-0.05, 0) is 37.1 Å². The Morgan fingerprint density at radius 2 is 1.84 bits per heavy atom. The van der Waals surface area contributed by atoms with E-state index in [4.69, 9.17) is 14.5 Å². The number of pyridine rings is 1. The summed E-state index contributed by atoms with van der Waals surface area (Å²) in [6.45, 7) is 4.59. The molecule has 4 rings (SSSR count). The number of nitrogens with zero attached hydrogens (tertiary/aromatic N) is 2. The van der Waals surface area contributed by atoms with Crippen LogP contribution in [0.1, 0.15) is 25.5 Å². The molecule has 0 N–H and O–H groups in total. The van der Waals surface area contributed by atoms with Gasteiger partial charge in [-0.15, -0.1) is 11.8 Å². The number of methoxy groups -OCH3 is 2. The van der Waals surface area contributed by atoms with E-state index in [0.717, 1.165) is 42.3 Å². The van der Waals surface area contributed by atoms with E-state index in [-0.39, 0.29) is 0 Å². The van der Waals surface area contributed by atoms with Gasteiger partial charge in [-0.3, -0.25) is 4.98 Å². The zero-order valence-electron chi connectivity index (χ0n) is 15.0. The SMILES string of the molecule is COc1ccc(-c2cc(N3CCCC3)c3c(n2)CC(C)S3)cc1OC. The van der Waals surface area contributed by atoms with Crippen molar-refractivity contribution in [3.05, 3.63) is 30.0 Å². The Kier molecular flexibility index (Phi) is 4.50. The third-order valence-electron chi connectivity index (χ3n) is 4.95. The first-order valence-corrected chi connectivity index (χ1v) is 9.75. The van der Waals surface area contributed by atoms with E-state index >= 15 is 0 Å². The van der Waals surface area contributed by atoms with E-state index in [1.807, 2.05) is 23.9 Å². The summed E-state index contributed by atoms with van der Waals surface area (Å²) in [5.41, 5.74) is 4.70. The molecule has 0 aliphatic carbocycles. The summed E-state index contributed by atoms with van der Waals surface area (Å²) in [4.78, 5) is 8.90. The molecule has 25 heavy (non-hydrogen) atoms. The lowest BCUT2D eigenvalue weighted by Gasteiger charge is -2.22. The van der Waals surface area contributed by atoms with Crippen LogP contribution in [0, 0.1) is 0 Å². The molecule has 2 aromatic rings. The lowest BCUT2D eigenvalue weighted by molar-refractivity contribution is 0.355. The summed E-state index contributed by atoms with van der Waals surface area (Å²) in [5, 5.41) is 0.601. The highest BCUT2D eigenvalue weighted by Gasteiger charge is 2.27. The number of fused-ring (bicyclic) bond motifs is 1. The van der Waals surface area contributed by atoms with Crippen LogP contribution in [0.4, 0.5) is 5.69 Å². The summed E-state index contributed by atoms with van der Waals surface area (Å²) >= 11 is 1.97. The summed E-state index contributed by atoms with van der Waals surface area (Å²) < 4.78 is 10.8. The molecule has 5 heteroatoms. The highest BCUT2D eigenvalue weighted by molar-refractivity contribution is 8.00. The maximum atomic E-state index is 5.47. The van der Waals surface area contributed by atoms with Crippen LogP contribution in [0.5, 0.6) is 11.5 Å². The van der Waals surface area contributed by atoms with E-state index in [1.54, 1.807) is 14.2 Å². The second kappa shape index (κ2) is 6.79. The molecular formula is C20H24N2O2S. The Bertz CT molecular complexity index is 788. The van der Waals surface area contributed by atoms with Crippen molar-refractivity contribution in [2.45, 2.75) is 36.3 Å². The molecule has 1 aromatic carbocycles. The minimum Gasteiger partial charge on any atom is -0.493 e. The Labute approximate surface area is 153 Å². The predicted molar refractivity (Wildman–Crippen MR) is 103 cm³/mol. The zero-order chi connectivity index (χ0) is 17.4. The van der Waals surface area contributed by atoms with Gasteiger partial charge in [0.25, 0.3) is 0 Å². The lowest BCUT2D eigenvalue weighted by atomic mass is 10.1. The fourth-order valence-electron chi connectivity index (χ4n) is 3.69. The van der Waals surface area contributed by atoms with Crippen molar-refractivity contribution < 1.29 is 9.47 Å². The van der Waals surface area contributed by atoms with Crippen molar-refractivity contribution in [2.24, 2.45) is 0 Å². The van der Waals surface area contributed by atoms with E-state index < -0.39 is 0 Å². The first-order valence-electron chi connectivity index (χ1n) is 8.87. The van der Waals surface area contributed by atoms with Crippen molar-refractivity contribution >= 4 is 17.4 Å². The van der Waals surface area contributed by atoms with Crippen LogP contribution < -0.4 is 14.4 Å². The number of ether oxygens (including phenoxy) is 2. The molecule has 2 aliphatic rings. The number of hydrogen-bond acceptors (Lipinski definition) is 5. The normalized spacial score (nSPS) is 19.2. The van der Waals surface area contributed by atoms with Gasteiger partial charge in [-0.1, -0.05) is 6.92 Å². The second-order valence-corrected chi connectivity index (χ2v) is 8.15. The molecule has 1 fully saturated rings. The molecule has 0 bridgehead atoms. The molecule has 0 amide bonds. The van der Waals surface area contributed by atoms with Gasteiger partial charge in [0.15, 0.2) is 11.5 Å². The Morgan fingerprint density at radius 1 is 1.08 bits per heavy atom. The molecule has 4 nitrogen and oxygen atoms in total. The number of aromatic nitrogens is 1. The van der Waals surface area contributed by atoms with Crippen LogP contribution in [-0.2, 0) is 6.42 Å². The minimum atomic E-state index is 0.601. The topological polar surface area (TPSA) is 34.6 Å². The number of anilines is 1. The van der Waals surface area contributed by atoms with Gasteiger partial charge in [0, 0.05) is 30.3 Å². The van der Waals surface area contributed by atoms with E-state index in [2.05, 4.69) is 24.0 Å². The molecule has 132 valence electrons. The van der Waals surface area contributed by atoms with Crippen LogP contribution >= 0.6 is 11.8 Å². The molecule has 1 atom stereocenters. The van der Waals surface area contributed by atoms with Crippen LogP contribution in [0.2, 0.25) is 0 Å². The van der Waals surface area contributed by atoms with Crippen LogP contribution in [-0.4, -0.2) is 37.5 Å². The van der Waals surface area contributed by atoms with Gasteiger partial charge in [-0.25, -0.2) is 0 Å². The predicted octanol–water partition coefficient (Wildman–Crippen LogP) is 4.40. The van der Waals surface area contributed by atoms with E-state index in [9.17, 15) is 0 Å². The van der Waals surface area contributed by atoms with Crippen LogP contribution in [0.3, 0.4) is 0 Å². The number of hydrogen-bond donors (Lipinski definition) is 0. The average molecular weight is 356 g/mol. The molecule has 0 radical (unpaired) electrons. The first kappa shape index (κ1) is 16.6. The summed E-state index contributed by atoms with van der Waals surface area (Å²) in [6.07, 6.45) is 3.61. The molecule has 2 aliphatic heterocycles. The number of thioether (sulfide) groups is 1. The molecule has 3 heterocycles. The largest absolute Gasteiger partial charge is 0.493 e. The Hall–Kier alpha value is -1.88. The van der Waals surface area contributed by atoms with Gasteiger partial charge in [0.1, 0.15) is 0 Å². The van der Waals surface area contributed by atoms with Gasteiger partial charge < -0.3 is 14.4 Å². The lowest BCUT2D eigenvalue weighted by Crippen LogP contribution is -2.19. The Morgan fingerprint density at radius 3 is 2.56 bits per heavy atom. The highest BCUT2D eigenvalue weighted by Crippen LogP contribution is 2.45. The fraction of sp³-hybridized carbons (Fsp3) is 0.450. The zero-order valence-corrected chi connectivity index (χ0v) is 15.9. The van der Waals surface area contributed by atoms with Crippen molar-refractivity contribution in [2.75, 3.05) is 32.2 Å². The molecular weight excluding hydrogens is 332 g/mol. The van der Waals surface area contributed by atoms with Crippen molar-refractivity contribution in [3.8, 4) is 22.8 Å². The van der Waals surface area contributed by atoms with E-state index in [0.29, 0.717) is 5.25 Å². The summed E-state index contributed by atoms with van der Waals surface area (Å²) in [7, 11) is 3.33. The number of benzene rings is 1. The fourth-order valence-corrected chi connectivity index (χ4v) is 4.91. The van der Waals surface area contributed by atoms with Gasteiger partial charge in [0.05, 0.1) is 36.2 Å². The standard InChI is InChI=1S/C20H24N2O2S/c1-13-10-16-20(25-13)17(22-8-4-5-9-22)12-15(21-16)14-6-7-18(23-2)19(11-14)24-3/h6-7,11-13H,4-5,8-10H2,1-3H3. The molecule has 0 saturated carbocycles. The summed E-state index contributed by atoms with van der Waals surface area (Å²) in [5.74, 6) is 1.49. The quantitative estimate of drug-likeness (QED) is 0.811. The maximum Gasteiger partial charge on any atom is 0.161 e. The molecule has 0 spiro atoms. The average Bonchev–Trinajstić information content (AvgIpc) is 3.28. The van der Waals surface area contributed by atoms with Crippen molar-refractivity contribution in [3.63, 3.8) is 0 Å². The third kappa shape index (κ3) is 3.06. The van der Waals surface area contributed by atoms with Gasteiger partial charge in [-0.2, -0.15) is 0 Å². The second-order valence-electron chi connectivity index (χ2n) is 6.70. The van der Waals surface area contributed by atoms with Crippen LogP contribution in [0.25, 0.3) is 11.3 Å². The maximum absolute atomic E-state index is 5.47.